The Balaban J connectivity index is 2.28. The van der Waals surface area contributed by atoms with E-state index in [0.717, 1.165) is 0 Å². The van der Waals surface area contributed by atoms with Gasteiger partial charge in [-0.15, -0.1) is 0 Å². The predicted octanol–water partition coefficient (Wildman–Crippen LogP) is 0.784. The van der Waals surface area contributed by atoms with Gasteiger partial charge in [-0.05, 0) is 18.6 Å². The molecule has 1 aliphatic heterocycles. The Morgan fingerprint density at radius 1 is 1.33 bits per heavy atom. The number of esters is 1. The molecule has 5 heteroatoms. The first kappa shape index (κ1) is 12.6. The highest BCUT2D eigenvalue weighted by molar-refractivity contribution is 5.97. The van der Waals surface area contributed by atoms with Gasteiger partial charge >= 0.3 is 5.97 Å². The minimum Gasteiger partial charge on any atom is -0.465 e. The van der Waals surface area contributed by atoms with Crippen molar-refractivity contribution in [3.8, 4) is 0 Å². The van der Waals surface area contributed by atoms with Crippen LogP contribution in [0.2, 0.25) is 0 Å². The number of nitrogens with zero attached hydrogens (tertiary/aromatic N) is 1. The van der Waals surface area contributed by atoms with Crippen LogP contribution in [0.15, 0.2) is 30.3 Å². The average molecular weight is 249 g/mol. The molecule has 1 aliphatic rings. The fourth-order valence-corrected chi connectivity index (χ4v) is 2.19. The monoisotopic (exact) mass is 249 g/mol. The van der Waals surface area contributed by atoms with Gasteiger partial charge in [0, 0.05) is 18.5 Å². The zero-order chi connectivity index (χ0) is 13.2. The van der Waals surface area contributed by atoms with Crippen LogP contribution in [-0.2, 0) is 9.53 Å². The molecule has 1 amide bonds. The second-order valence-corrected chi connectivity index (χ2v) is 4.23. The number of aliphatic hydroxyl groups is 1. The minimum absolute atomic E-state index is 0.207. The van der Waals surface area contributed by atoms with Crippen molar-refractivity contribution in [1.29, 1.82) is 0 Å². The van der Waals surface area contributed by atoms with Crippen LogP contribution in [0.5, 0.6) is 0 Å². The van der Waals surface area contributed by atoms with Gasteiger partial charge in [-0.2, -0.15) is 0 Å². The number of carbonyl (C=O) groups excluding carboxylic acids is 2. The summed E-state index contributed by atoms with van der Waals surface area (Å²) in [6.07, 6.45) is 0.780. The summed E-state index contributed by atoms with van der Waals surface area (Å²) in [5, 5.41) is 10.3. The third-order valence-corrected chi connectivity index (χ3v) is 3.13. The van der Waals surface area contributed by atoms with Crippen molar-refractivity contribution in [3.05, 3.63) is 35.9 Å². The number of hydrogen-bond donors (Lipinski definition) is 1. The van der Waals surface area contributed by atoms with Crippen molar-refractivity contribution in [3.63, 3.8) is 0 Å². The lowest BCUT2D eigenvalue weighted by atomic mass is 10.1. The van der Waals surface area contributed by atoms with E-state index in [1.807, 2.05) is 0 Å². The first-order valence-electron chi connectivity index (χ1n) is 5.77. The molecule has 18 heavy (non-hydrogen) atoms. The molecule has 0 saturated carbocycles. The molecular weight excluding hydrogens is 234 g/mol. The van der Waals surface area contributed by atoms with Crippen molar-refractivity contribution in [2.45, 2.75) is 18.6 Å². The molecule has 1 aromatic carbocycles. The highest BCUT2D eigenvalue weighted by atomic mass is 16.5. The van der Waals surface area contributed by atoms with E-state index in [1.165, 1.54) is 12.0 Å². The number of amides is 1. The summed E-state index contributed by atoms with van der Waals surface area (Å²) in [7, 11) is 1.20. The normalized spacial score (nSPS) is 22.9. The summed E-state index contributed by atoms with van der Waals surface area (Å²) in [5.41, 5.74) is -1.39. The SMILES string of the molecule is COC(=O)[C@]1(O)CCCN1C(=O)c1ccccc1. The largest absolute Gasteiger partial charge is 0.465 e. The molecule has 1 saturated heterocycles. The molecule has 0 spiro atoms. The molecule has 1 heterocycles. The summed E-state index contributed by atoms with van der Waals surface area (Å²) >= 11 is 0. The highest BCUT2D eigenvalue weighted by Gasteiger charge is 2.49. The molecular formula is C13H15NO4. The van der Waals surface area contributed by atoms with Gasteiger partial charge in [0.1, 0.15) is 0 Å². The van der Waals surface area contributed by atoms with E-state index in [1.54, 1.807) is 30.3 Å². The number of likely N-dealkylation sites (tertiary alicyclic amines) is 1. The number of rotatable bonds is 2. The van der Waals surface area contributed by atoms with E-state index in [4.69, 9.17) is 0 Å². The molecule has 1 fully saturated rings. The van der Waals surface area contributed by atoms with Gasteiger partial charge < -0.3 is 14.7 Å². The van der Waals surface area contributed by atoms with Gasteiger partial charge in [-0.25, -0.2) is 4.79 Å². The van der Waals surface area contributed by atoms with Gasteiger partial charge in [0.2, 0.25) is 5.72 Å². The summed E-state index contributed by atoms with van der Waals surface area (Å²) in [6.45, 7) is 0.347. The van der Waals surface area contributed by atoms with Gasteiger partial charge in [0.25, 0.3) is 5.91 Å². The van der Waals surface area contributed by atoms with E-state index in [9.17, 15) is 14.7 Å². The minimum atomic E-state index is -1.83. The van der Waals surface area contributed by atoms with Crippen LogP contribution in [0.25, 0.3) is 0 Å². The van der Waals surface area contributed by atoms with Crippen molar-refractivity contribution in [2.75, 3.05) is 13.7 Å². The summed E-state index contributed by atoms with van der Waals surface area (Å²) in [6, 6.07) is 8.57. The third-order valence-electron chi connectivity index (χ3n) is 3.13. The molecule has 1 aromatic rings. The second kappa shape index (κ2) is 4.78. The topological polar surface area (TPSA) is 66.8 Å². The number of methoxy groups -OCH3 is 1. The maximum absolute atomic E-state index is 12.2. The third kappa shape index (κ3) is 1.97. The van der Waals surface area contributed by atoms with Crippen LogP contribution in [0, 0.1) is 0 Å². The Morgan fingerprint density at radius 2 is 2.00 bits per heavy atom. The fourth-order valence-electron chi connectivity index (χ4n) is 2.19. The van der Waals surface area contributed by atoms with E-state index in [-0.39, 0.29) is 12.3 Å². The lowest BCUT2D eigenvalue weighted by Gasteiger charge is -2.30. The molecule has 0 aliphatic carbocycles. The van der Waals surface area contributed by atoms with Crippen molar-refractivity contribution >= 4 is 11.9 Å². The van der Waals surface area contributed by atoms with E-state index < -0.39 is 11.7 Å². The average Bonchev–Trinajstić information content (AvgIpc) is 2.81. The van der Waals surface area contributed by atoms with Gasteiger partial charge in [-0.1, -0.05) is 18.2 Å². The Hall–Kier alpha value is -1.88. The summed E-state index contributed by atoms with van der Waals surface area (Å²) in [5.74, 6) is -1.15. The van der Waals surface area contributed by atoms with Gasteiger partial charge in [-0.3, -0.25) is 4.79 Å². The predicted molar refractivity (Wildman–Crippen MR) is 63.7 cm³/mol. The molecule has 0 aromatic heterocycles. The van der Waals surface area contributed by atoms with Crippen LogP contribution >= 0.6 is 0 Å². The molecule has 0 bridgehead atoms. The van der Waals surface area contributed by atoms with E-state index in [0.29, 0.717) is 18.5 Å². The summed E-state index contributed by atoms with van der Waals surface area (Å²) in [4.78, 5) is 25.0. The maximum Gasteiger partial charge on any atom is 0.359 e. The Labute approximate surface area is 105 Å². The molecule has 1 N–H and O–H groups in total. The molecule has 0 unspecified atom stereocenters. The number of benzene rings is 1. The lowest BCUT2D eigenvalue weighted by molar-refractivity contribution is -0.175. The molecule has 0 radical (unpaired) electrons. The van der Waals surface area contributed by atoms with Crippen LogP contribution < -0.4 is 0 Å². The Kier molecular flexibility index (Phi) is 3.34. The van der Waals surface area contributed by atoms with Crippen LogP contribution in [0.1, 0.15) is 23.2 Å². The van der Waals surface area contributed by atoms with Gasteiger partial charge in [0.15, 0.2) is 0 Å². The maximum atomic E-state index is 12.2. The van der Waals surface area contributed by atoms with E-state index in [2.05, 4.69) is 4.74 Å². The fraction of sp³-hybridized carbons (Fsp3) is 0.385. The molecule has 5 nitrogen and oxygen atoms in total. The number of carbonyl (C=O) groups is 2. The second-order valence-electron chi connectivity index (χ2n) is 4.23. The van der Waals surface area contributed by atoms with Crippen LogP contribution in [0.3, 0.4) is 0 Å². The first-order chi connectivity index (χ1) is 8.59. The summed E-state index contributed by atoms with van der Waals surface area (Å²) < 4.78 is 4.57. The Morgan fingerprint density at radius 3 is 2.61 bits per heavy atom. The first-order valence-corrected chi connectivity index (χ1v) is 5.77. The molecule has 2 rings (SSSR count). The zero-order valence-electron chi connectivity index (χ0n) is 10.1. The smallest absolute Gasteiger partial charge is 0.359 e. The highest BCUT2D eigenvalue weighted by Crippen LogP contribution is 2.29. The number of hydrogen-bond acceptors (Lipinski definition) is 4. The molecule has 1 atom stereocenters. The van der Waals surface area contributed by atoms with E-state index >= 15 is 0 Å². The quantitative estimate of drug-likeness (QED) is 0.787. The van der Waals surface area contributed by atoms with Crippen LogP contribution in [0.4, 0.5) is 0 Å². The van der Waals surface area contributed by atoms with Crippen molar-refractivity contribution in [1.82, 2.24) is 4.90 Å². The Bertz CT molecular complexity index is 459. The number of ether oxygens (including phenoxy) is 1. The van der Waals surface area contributed by atoms with Crippen molar-refractivity contribution in [2.24, 2.45) is 0 Å². The van der Waals surface area contributed by atoms with Gasteiger partial charge in [0.05, 0.1) is 7.11 Å². The zero-order valence-corrected chi connectivity index (χ0v) is 10.1. The standard InChI is InChI=1S/C13H15NO4/c1-18-12(16)13(17)8-5-9-14(13)11(15)10-6-3-2-4-7-10/h2-4,6-7,17H,5,8-9H2,1H3/t13-/m1/s1. The molecule has 96 valence electrons. The van der Waals surface area contributed by atoms with Crippen LogP contribution in [-0.4, -0.2) is 41.3 Å². The van der Waals surface area contributed by atoms with Crippen molar-refractivity contribution < 1.29 is 19.4 Å². The lowest BCUT2D eigenvalue weighted by Crippen LogP contribution is -2.53.